The first-order valence-electron chi connectivity index (χ1n) is 7.35. The van der Waals surface area contributed by atoms with Gasteiger partial charge in [0.2, 0.25) is 11.8 Å². The smallest absolute Gasteiger partial charge is 0.244 e. The molecule has 1 unspecified atom stereocenters. The fourth-order valence-corrected chi connectivity index (χ4v) is 2.52. The Morgan fingerprint density at radius 2 is 1.70 bits per heavy atom. The summed E-state index contributed by atoms with van der Waals surface area (Å²) in [6.45, 7) is 3.33. The largest absolute Gasteiger partial charge is 0.327 e. The van der Waals surface area contributed by atoms with Gasteiger partial charge in [-0.05, 0) is 24.6 Å². The first-order valence-corrected chi connectivity index (χ1v) is 7.73. The maximum Gasteiger partial charge on any atom is 0.244 e. The molecule has 0 radical (unpaired) electrons. The highest BCUT2D eigenvalue weighted by Crippen LogP contribution is 2.22. The van der Waals surface area contributed by atoms with Crippen molar-refractivity contribution in [3.63, 3.8) is 0 Å². The first-order chi connectivity index (χ1) is 11.0. The third-order valence-corrected chi connectivity index (χ3v) is 3.95. The van der Waals surface area contributed by atoms with Gasteiger partial charge in [-0.2, -0.15) is 0 Å². The quantitative estimate of drug-likeness (QED) is 0.904. The van der Waals surface area contributed by atoms with Gasteiger partial charge in [-0.3, -0.25) is 9.59 Å². The van der Waals surface area contributed by atoms with Crippen LogP contribution in [0.4, 0.5) is 5.69 Å². The van der Waals surface area contributed by atoms with Gasteiger partial charge in [0.15, 0.2) is 0 Å². The topological polar surface area (TPSA) is 49.4 Å². The second-order valence-corrected chi connectivity index (χ2v) is 5.67. The van der Waals surface area contributed by atoms with Crippen LogP contribution in [0.1, 0.15) is 25.5 Å². The van der Waals surface area contributed by atoms with Gasteiger partial charge in [-0.25, -0.2) is 0 Å². The molecule has 1 atom stereocenters. The van der Waals surface area contributed by atoms with Crippen molar-refractivity contribution < 1.29 is 9.59 Å². The number of rotatable bonds is 5. The zero-order chi connectivity index (χ0) is 16.8. The van der Waals surface area contributed by atoms with E-state index in [9.17, 15) is 9.59 Å². The molecule has 0 heterocycles. The van der Waals surface area contributed by atoms with Crippen molar-refractivity contribution >= 4 is 29.1 Å². The minimum atomic E-state index is -0.281. The van der Waals surface area contributed by atoms with Crippen LogP contribution < -0.4 is 5.32 Å². The second kappa shape index (κ2) is 7.79. The Morgan fingerprint density at radius 1 is 1.09 bits per heavy atom. The van der Waals surface area contributed by atoms with Gasteiger partial charge in [-0.1, -0.05) is 54.1 Å². The van der Waals surface area contributed by atoms with Gasteiger partial charge in [0.25, 0.3) is 0 Å². The minimum absolute atomic E-state index is 0.0311. The number of hydrogen-bond donors (Lipinski definition) is 1. The molecule has 0 aliphatic heterocycles. The number of carbonyl (C=O) groups excluding carboxylic acids is 2. The molecule has 0 aliphatic rings. The molecule has 23 heavy (non-hydrogen) atoms. The normalized spacial score (nSPS) is 11.6. The van der Waals surface area contributed by atoms with Gasteiger partial charge in [-0.15, -0.1) is 0 Å². The number of nitrogens with zero attached hydrogens (tertiary/aromatic N) is 1. The Balaban J connectivity index is 2.09. The molecule has 2 aromatic rings. The number of halogens is 1. The van der Waals surface area contributed by atoms with Gasteiger partial charge < -0.3 is 10.2 Å². The van der Waals surface area contributed by atoms with Crippen LogP contribution in [0.25, 0.3) is 0 Å². The van der Waals surface area contributed by atoms with Crippen LogP contribution in [0, 0.1) is 0 Å². The van der Waals surface area contributed by atoms with Crippen LogP contribution in [-0.4, -0.2) is 23.3 Å². The molecule has 5 heteroatoms. The van der Waals surface area contributed by atoms with Crippen molar-refractivity contribution in [3.05, 3.63) is 65.2 Å². The van der Waals surface area contributed by atoms with Gasteiger partial charge in [0, 0.05) is 6.92 Å². The summed E-state index contributed by atoms with van der Waals surface area (Å²) < 4.78 is 0. The molecule has 2 aromatic carbocycles. The highest BCUT2D eigenvalue weighted by molar-refractivity contribution is 6.33. The van der Waals surface area contributed by atoms with E-state index in [1.165, 1.54) is 11.8 Å². The molecule has 0 saturated heterocycles. The van der Waals surface area contributed by atoms with Crippen LogP contribution >= 0.6 is 11.6 Å². The molecular formula is C18H19ClN2O2. The summed E-state index contributed by atoms with van der Waals surface area (Å²) in [5.41, 5.74) is 1.52. The third-order valence-electron chi connectivity index (χ3n) is 3.62. The van der Waals surface area contributed by atoms with E-state index in [2.05, 4.69) is 5.32 Å². The molecule has 120 valence electrons. The number of para-hydroxylation sites is 1. The number of amides is 2. The predicted molar refractivity (Wildman–Crippen MR) is 92.3 cm³/mol. The zero-order valence-electron chi connectivity index (χ0n) is 13.1. The van der Waals surface area contributed by atoms with Gasteiger partial charge in [0.05, 0.1) is 16.8 Å². The number of nitrogens with one attached hydrogen (secondary N) is 1. The maximum absolute atomic E-state index is 12.3. The molecule has 0 fully saturated rings. The fourth-order valence-electron chi connectivity index (χ4n) is 2.34. The number of hydrogen-bond acceptors (Lipinski definition) is 2. The van der Waals surface area contributed by atoms with Crippen molar-refractivity contribution in [1.29, 1.82) is 0 Å². The van der Waals surface area contributed by atoms with Gasteiger partial charge >= 0.3 is 0 Å². The molecule has 0 aromatic heterocycles. The number of anilines is 1. The summed E-state index contributed by atoms with van der Waals surface area (Å²) in [7, 11) is 0. The highest BCUT2D eigenvalue weighted by atomic mass is 35.5. The zero-order valence-corrected chi connectivity index (χ0v) is 13.9. The number of carbonyl (C=O) groups is 2. The second-order valence-electron chi connectivity index (χ2n) is 5.26. The monoisotopic (exact) mass is 330 g/mol. The summed E-state index contributed by atoms with van der Waals surface area (Å²) in [5, 5.41) is 3.20. The Hall–Kier alpha value is -2.33. The summed E-state index contributed by atoms with van der Waals surface area (Å²) >= 11 is 6.03. The molecule has 0 spiro atoms. The summed E-state index contributed by atoms with van der Waals surface area (Å²) in [6, 6.07) is 16.4. The molecule has 2 amide bonds. The maximum atomic E-state index is 12.3. The lowest BCUT2D eigenvalue weighted by Gasteiger charge is -2.28. The molecule has 0 saturated carbocycles. The van der Waals surface area contributed by atoms with Crippen LogP contribution in [0.3, 0.4) is 0 Å². The Bertz CT molecular complexity index is 688. The van der Waals surface area contributed by atoms with E-state index in [0.717, 1.165) is 5.56 Å². The molecule has 0 aliphatic carbocycles. The van der Waals surface area contributed by atoms with E-state index in [1.54, 1.807) is 24.3 Å². The van der Waals surface area contributed by atoms with Crippen molar-refractivity contribution in [2.75, 3.05) is 11.9 Å². The Labute approximate surface area is 141 Å². The lowest BCUT2D eigenvalue weighted by Crippen LogP contribution is -2.38. The molecule has 4 nitrogen and oxygen atoms in total. The Morgan fingerprint density at radius 3 is 2.30 bits per heavy atom. The van der Waals surface area contributed by atoms with Crippen LogP contribution in [0.5, 0.6) is 0 Å². The van der Waals surface area contributed by atoms with Gasteiger partial charge in [0.1, 0.15) is 6.54 Å². The van der Waals surface area contributed by atoms with E-state index in [1.807, 2.05) is 37.3 Å². The molecule has 2 rings (SSSR count). The van der Waals surface area contributed by atoms with Crippen molar-refractivity contribution in [2.24, 2.45) is 0 Å². The lowest BCUT2D eigenvalue weighted by molar-refractivity contribution is -0.134. The van der Waals surface area contributed by atoms with Crippen LogP contribution in [-0.2, 0) is 9.59 Å². The van der Waals surface area contributed by atoms with E-state index in [4.69, 9.17) is 11.6 Å². The van der Waals surface area contributed by atoms with E-state index in [0.29, 0.717) is 10.7 Å². The average molecular weight is 331 g/mol. The first kappa shape index (κ1) is 17.0. The van der Waals surface area contributed by atoms with E-state index >= 15 is 0 Å². The predicted octanol–water partition coefficient (Wildman–Crippen LogP) is 3.89. The third kappa shape index (κ3) is 4.57. The number of benzene rings is 2. The Kier molecular flexibility index (Phi) is 5.77. The molecular weight excluding hydrogens is 312 g/mol. The summed E-state index contributed by atoms with van der Waals surface area (Å²) in [6.07, 6.45) is 0. The van der Waals surface area contributed by atoms with Crippen molar-refractivity contribution in [3.8, 4) is 0 Å². The average Bonchev–Trinajstić information content (AvgIpc) is 2.55. The fraction of sp³-hybridized carbons (Fsp3) is 0.222. The molecule has 0 bridgehead atoms. The summed E-state index contributed by atoms with van der Waals surface area (Å²) in [5.74, 6) is -0.438. The SMILES string of the molecule is CC(=O)N(CC(=O)Nc1ccccc1Cl)C(C)c1ccccc1. The summed E-state index contributed by atoms with van der Waals surface area (Å²) in [4.78, 5) is 25.7. The minimum Gasteiger partial charge on any atom is -0.327 e. The van der Waals surface area contributed by atoms with Crippen molar-refractivity contribution in [2.45, 2.75) is 19.9 Å². The van der Waals surface area contributed by atoms with Crippen LogP contribution in [0.15, 0.2) is 54.6 Å². The van der Waals surface area contributed by atoms with E-state index in [-0.39, 0.29) is 24.4 Å². The standard InChI is InChI=1S/C18H19ClN2O2/c1-13(15-8-4-3-5-9-15)21(14(2)22)12-18(23)20-17-11-7-6-10-16(17)19/h3-11,13H,12H2,1-2H3,(H,20,23). The van der Waals surface area contributed by atoms with Crippen LogP contribution in [0.2, 0.25) is 5.02 Å². The highest BCUT2D eigenvalue weighted by Gasteiger charge is 2.21. The van der Waals surface area contributed by atoms with E-state index < -0.39 is 0 Å². The van der Waals surface area contributed by atoms with Crippen molar-refractivity contribution in [1.82, 2.24) is 4.90 Å². The lowest BCUT2D eigenvalue weighted by atomic mass is 10.1. The molecule has 1 N–H and O–H groups in total.